The Labute approximate surface area is 119 Å². The second-order valence-corrected chi connectivity index (χ2v) is 7.03. The summed E-state index contributed by atoms with van der Waals surface area (Å²) in [5.41, 5.74) is 7.55. The molecule has 4 nitrogen and oxygen atoms in total. The molecule has 2 aliphatic heterocycles. The van der Waals surface area contributed by atoms with Gasteiger partial charge in [0.05, 0.1) is 10.7 Å². The molecule has 0 aliphatic carbocycles. The molecule has 0 saturated carbocycles. The fraction of sp³-hybridized carbons (Fsp3) is 0.786. The summed E-state index contributed by atoms with van der Waals surface area (Å²) in [6.07, 6.45) is 3.83. The van der Waals surface area contributed by atoms with Crippen LogP contribution in [0.2, 0.25) is 0 Å². The van der Waals surface area contributed by atoms with Gasteiger partial charge in [-0.2, -0.15) is 0 Å². The Morgan fingerprint density at radius 3 is 3.11 bits per heavy atom. The lowest BCUT2D eigenvalue weighted by atomic mass is 9.87. The van der Waals surface area contributed by atoms with Crippen molar-refractivity contribution in [3.8, 4) is 0 Å². The van der Waals surface area contributed by atoms with Crippen LogP contribution in [0.5, 0.6) is 0 Å². The third-order valence-corrected chi connectivity index (χ3v) is 5.82. The molecule has 0 aromatic carbocycles. The van der Waals surface area contributed by atoms with Crippen molar-refractivity contribution in [1.82, 2.24) is 14.8 Å². The molecule has 3 rings (SSSR count). The first-order valence-corrected chi connectivity index (χ1v) is 8.10. The molecule has 1 aromatic heterocycles. The summed E-state index contributed by atoms with van der Waals surface area (Å²) in [5, 5.41) is 3.33. The van der Waals surface area contributed by atoms with Crippen molar-refractivity contribution in [2.45, 2.75) is 44.3 Å². The summed E-state index contributed by atoms with van der Waals surface area (Å²) in [4.78, 5) is 9.70. The molecular weight excluding hydrogens is 256 g/mol. The van der Waals surface area contributed by atoms with Crippen LogP contribution in [0.15, 0.2) is 5.38 Å². The number of hydrogen-bond acceptors (Lipinski definition) is 5. The molecule has 2 unspecified atom stereocenters. The van der Waals surface area contributed by atoms with E-state index in [9.17, 15) is 0 Å². The Hall–Kier alpha value is -0.490. The van der Waals surface area contributed by atoms with Gasteiger partial charge in [0.25, 0.3) is 0 Å². The summed E-state index contributed by atoms with van der Waals surface area (Å²) >= 11 is 1.74. The quantitative estimate of drug-likeness (QED) is 0.907. The van der Waals surface area contributed by atoms with Gasteiger partial charge in [0.2, 0.25) is 0 Å². The first-order valence-electron chi connectivity index (χ1n) is 7.22. The average molecular weight is 280 g/mol. The van der Waals surface area contributed by atoms with Gasteiger partial charge in [-0.1, -0.05) is 0 Å². The number of likely N-dealkylation sites (N-methyl/N-ethyl adjacent to an activating group) is 1. The molecular formula is C14H24N4S. The summed E-state index contributed by atoms with van der Waals surface area (Å²) in [7, 11) is 2.23. The summed E-state index contributed by atoms with van der Waals surface area (Å²) < 4.78 is 0. The maximum Gasteiger partial charge on any atom is 0.0897 e. The van der Waals surface area contributed by atoms with Crippen molar-refractivity contribution in [2.24, 2.45) is 5.73 Å². The number of aromatic nitrogens is 1. The fourth-order valence-corrected chi connectivity index (χ4v) is 4.53. The molecule has 19 heavy (non-hydrogen) atoms. The van der Waals surface area contributed by atoms with Crippen molar-refractivity contribution in [3.05, 3.63) is 16.1 Å². The van der Waals surface area contributed by atoms with Crippen LogP contribution >= 0.6 is 11.3 Å². The first-order chi connectivity index (χ1) is 9.15. The van der Waals surface area contributed by atoms with Gasteiger partial charge < -0.3 is 5.73 Å². The van der Waals surface area contributed by atoms with E-state index >= 15 is 0 Å². The summed E-state index contributed by atoms with van der Waals surface area (Å²) in [6.45, 7) is 6.22. The number of thiazole rings is 1. The Balaban J connectivity index is 1.77. The number of nitrogens with zero attached hydrogens (tertiary/aromatic N) is 3. The Morgan fingerprint density at radius 1 is 1.58 bits per heavy atom. The van der Waals surface area contributed by atoms with Gasteiger partial charge in [0.1, 0.15) is 0 Å². The smallest absolute Gasteiger partial charge is 0.0897 e. The van der Waals surface area contributed by atoms with E-state index in [0.29, 0.717) is 6.04 Å². The van der Waals surface area contributed by atoms with Crippen LogP contribution in [0.4, 0.5) is 0 Å². The number of fused-ring (bicyclic) bond motifs is 1. The number of rotatable bonds is 4. The first kappa shape index (κ1) is 13.5. The molecule has 2 atom stereocenters. The number of nitrogens with two attached hydrogens (primary N) is 1. The molecule has 3 heterocycles. The number of aryl methyl sites for hydroxylation is 1. The maximum atomic E-state index is 6.20. The molecule has 2 fully saturated rings. The minimum atomic E-state index is 0.161. The second kappa shape index (κ2) is 5.13. The predicted octanol–water partition coefficient (Wildman–Crippen LogP) is 1.45. The van der Waals surface area contributed by atoms with Crippen LogP contribution in [-0.4, -0.2) is 53.0 Å². The van der Waals surface area contributed by atoms with Gasteiger partial charge in [0, 0.05) is 36.6 Å². The highest BCUT2D eigenvalue weighted by Gasteiger charge is 2.50. The van der Waals surface area contributed by atoms with Gasteiger partial charge in [-0.15, -0.1) is 11.3 Å². The van der Waals surface area contributed by atoms with Crippen molar-refractivity contribution < 1.29 is 0 Å². The minimum Gasteiger partial charge on any atom is -0.329 e. The van der Waals surface area contributed by atoms with Crippen LogP contribution in [0.3, 0.4) is 0 Å². The minimum absolute atomic E-state index is 0.161. The van der Waals surface area contributed by atoms with E-state index in [1.807, 2.05) is 0 Å². The lowest BCUT2D eigenvalue weighted by molar-refractivity contribution is 0.0831. The maximum absolute atomic E-state index is 6.20. The molecule has 0 spiro atoms. The van der Waals surface area contributed by atoms with Crippen molar-refractivity contribution in [1.29, 1.82) is 0 Å². The Bertz CT molecular complexity index is 446. The van der Waals surface area contributed by atoms with E-state index < -0.39 is 0 Å². The normalized spacial score (nSPS) is 31.3. The summed E-state index contributed by atoms with van der Waals surface area (Å²) in [6, 6.07) is 0.655. The largest absolute Gasteiger partial charge is 0.329 e. The molecule has 0 radical (unpaired) electrons. The zero-order valence-corrected chi connectivity index (χ0v) is 12.7. The van der Waals surface area contributed by atoms with Gasteiger partial charge >= 0.3 is 0 Å². The van der Waals surface area contributed by atoms with Crippen molar-refractivity contribution >= 4 is 11.3 Å². The van der Waals surface area contributed by atoms with E-state index in [0.717, 1.165) is 18.1 Å². The standard InChI is InChI=1S/C14H24N4S/c1-11-16-12(9-19-11)8-17(2)14(10-15)5-7-18-6-3-4-13(14)18/h9,13H,3-8,10,15H2,1-2H3. The molecule has 106 valence electrons. The van der Waals surface area contributed by atoms with Gasteiger partial charge in [-0.3, -0.25) is 9.80 Å². The van der Waals surface area contributed by atoms with Crippen LogP contribution in [0.1, 0.15) is 30.0 Å². The highest BCUT2D eigenvalue weighted by molar-refractivity contribution is 7.09. The van der Waals surface area contributed by atoms with Crippen LogP contribution in [0, 0.1) is 6.92 Å². The van der Waals surface area contributed by atoms with Crippen LogP contribution < -0.4 is 5.73 Å². The van der Waals surface area contributed by atoms with Crippen LogP contribution in [-0.2, 0) is 6.54 Å². The monoisotopic (exact) mass is 280 g/mol. The van der Waals surface area contributed by atoms with Crippen molar-refractivity contribution in [2.75, 3.05) is 26.7 Å². The zero-order chi connectivity index (χ0) is 13.5. The van der Waals surface area contributed by atoms with Gasteiger partial charge in [-0.05, 0) is 39.8 Å². The van der Waals surface area contributed by atoms with E-state index in [1.165, 1.54) is 38.0 Å². The molecule has 2 N–H and O–H groups in total. The lowest BCUT2D eigenvalue weighted by Crippen LogP contribution is -2.58. The number of hydrogen-bond donors (Lipinski definition) is 1. The third-order valence-electron chi connectivity index (χ3n) is 5.00. The highest BCUT2D eigenvalue weighted by atomic mass is 32.1. The van der Waals surface area contributed by atoms with Crippen LogP contribution in [0.25, 0.3) is 0 Å². The van der Waals surface area contributed by atoms with Crippen molar-refractivity contribution in [3.63, 3.8) is 0 Å². The van der Waals surface area contributed by atoms with Gasteiger partial charge in [-0.25, -0.2) is 4.98 Å². The second-order valence-electron chi connectivity index (χ2n) is 5.97. The highest BCUT2D eigenvalue weighted by Crippen LogP contribution is 2.39. The Morgan fingerprint density at radius 2 is 2.42 bits per heavy atom. The molecule has 1 aromatic rings. The van der Waals surface area contributed by atoms with E-state index in [1.54, 1.807) is 11.3 Å². The molecule has 2 aliphatic rings. The van der Waals surface area contributed by atoms with E-state index in [2.05, 4.69) is 34.1 Å². The van der Waals surface area contributed by atoms with E-state index in [-0.39, 0.29) is 5.54 Å². The zero-order valence-electron chi connectivity index (χ0n) is 11.9. The molecule has 0 amide bonds. The third kappa shape index (κ3) is 2.23. The molecule has 5 heteroatoms. The SMILES string of the molecule is Cc1nc(CN(C)C2(CN)CCN3CCCC32)cs1. The fourth-order valence-electron chi connectivity index (χ4n) is 3.93. The predicted molar refractivity (Wildman–Crippen MR) is 79.3 cm³/mol. The van der Waals surface area contributed by atoms with Gasteiger partial charge in [0.15, 0.2) is 0 Å². The van der Waals surface area contributed by atoms with E-state index in [4.69, 9.17) is 5.73 Å². The topological polar surface area (TPSA) is 45.4 Å². The lowest BCUT2D eigenvalue weighted by Gasteiger charge is -2.42. The Kier molecular flexibility index (Phi) is 3.64. The summed E-state index contributed by atoms with van der Waals surface area (Å²) in [5.74, 6) is 0. The average Bonchev–Trinajstić information content (AvgIpc) is 3.05. The molecule has 2 saturated heterocycles. The molecule has 0 bridgehead atoms.